The molecule has 13 heavy (non-hydrogen) atoms. The van der Waals surface area contributed by atoms with Crippen LogP contribution in [0.1, 0.15) is 18.2 Å². The van der Waals surface area contributed by atoms with Crippen LogP contribution < -0.4 is 11.1 Å². The standard InChI is InChI=1S/C9H13N3O/c10-9(13)8-7-3-1-5-12(7)6-2-4-11-8/h1,3,5,8,11H,2,4,6H2,(H2,10,13). The van der Waals surface area contributed by atoms with Crippen LogP contribution in [0.15, 0.2) is 18.3 Å². The number of rotatable bonds is 1. The molecule has 1 aliphatic heterocycles. The fourth-order valence-electron chi connectivity index (χ4n) is 1.74. The Morgan fingerprint density at radius 3 is 3.31 bits per heavy atom. The molecule has 2 heterocycles. The summed E-state index contributed by atoms with van der Waals surface area (Å²) in [6.45, 7) is 1.80. The number of fused-ring (bicyclic) bond motifs is 1. The highest BCUT2D eigenvalue weighted by molar-refractivity contribution is 5.81. The minimum atomic E-state index is -0.322. The quantitative estimate of drug-likeness (QED) is 0.638. The SMILES string of the molecule is NC(=O)C1NCCCn2cccc21. The van der Waals surface area contributed by atoms with Crippen molar-refractivity contribution in [2.75, 3.05) is 6.54 Å². The third-order valence-corrected chi connectivity index (χ3v) is 2.37. The summed E-state index contributed by atoms with van der Waals surface area (Å²) in [5.41, 5.74) is 6.27. The Morgan fingerprint density at radius 1 is 1.69 bits per heavy atom. The minimum absolute atomic E-state index is 0.304. The molecular formula is C9H13N3O. The van der Waals surface area contributed by atoms with Crippen LogP contribution in [0.5, 0.6) is 0 Å². The monoisotopic (exact) mass is 179 g/mol. The van der Waals surface area contributed by atoms with Crippen LogP contribution in [-0.4, -0.2) is 17.0 Å². The van der Waals surface area contributed by atoms with Crippen molar-refractivity contribution in [3.05, 3.63) is 24.0 Å². The highest BCUT2D eigenvalue weighted by Gasteiger charge is 2.21. The first-order valence-corrected chi connectivity index (χ1v) is 4.47. The summed E-state index contributed by atoms with van der Waals surface area (Å²) < 4.78 is 2.08. The summed E-state index contributed by atoms with van der Waals surface area (Å²) in [5, 5.41) is 3.13. The Kier molecular flexibility index (Phi) is 2.06. The van der Waals surface area contributed by atoms with Crippen LogP contribution in [0.25, 0.3) is 0 Å². The average Bonchev–Trinajstić information content (AvgIpc) is 2.44. The molecular weight excluding hydrogens is 166 g/mol. The van der Waals surface area contributed by atoms with Crippen LogP contribution in [0.2, 0.25) is 0 Å². The van der Waals surface area contributed by atoms with Gasteiger partial charge in [0.1, 0.15) is 6.04 Å². The van der Waals surface area contributed by atoms with Gasteiger partial charge in [0.15, 0.2) is 0 Å². The van der Waals surface area contributed by atoms with E-state index in [1.165, 1.54) is 0 Å². The van der Waals surface area contributed by atoms with Gasteiger partial charge < -0.3 is 15.6 Å². The molecule has 0 radical (unpaired) electrons. The van der Waals surface area contributed by atoms with Gasteiger partial charge in [-0.1, -0.05) is 0 Å². The molecule has 0 saturated carbocycles. The van der Waals surface area contributed by atoms with Crippen molar-refractivity contribution < 1.29 is 4.79 Å². The average molecular weight is 179 g/mol. The fraction of sp³-hybridized carbons (Fsp3) is 0.444. The Morgan fingerprint density at radius 2 is 2.54 bits per heavy atom. The van der Waals surface area contributed by atoms with Gasteiger partial charge in [-0.2, -0.15) is 0 Å². The van der Waals surface area contributed by atoms with Crippen molar-refractivity contribution in [2.24, 2.45) is 5.73 Å². The predicted octanol–water partition coefficient (Wildman–Crippen LogP) is 0.00780. The van der Waals surface area contributed by atoms with Crippen LogP contribution in [-0.2, 0) is 11.3 Å². The van der Waals surface area contributed by atoms with Crippen molar-refractivity contribution in [3.8, 4) is 0 Å². The lowest BCUT2D eigenvalue weighted by molar-refractivity contribution is -0.120. The number of aromatic nitrogens is 1. The molecule has 2 rings (SSSR count). The van der Waals surface area contributed by atoms with E-state index >= 15 is 0 Å². The zero-order valence-electron chi connectivity index (χ0n) is 7.36. The van der Waals surface area contributed by atoms with Crippen LogP contribution >= 0.6 is 0 Å². The number of hydrogen-bond acceptors (Lipinski definition) is 2. The van der Waals surface area contributed by atoms with Crippen LogP contribution in [0.4, 0.5) is 0 Å². The molecule has 4 nitrogen and oxygen atoms in total. The number of nitrogens with one attached hydrogen (secondary N) is 1. The van der Waals surface area contributed by atoms with E-state index in [1.807, 2.05) is 18.3 Å². The van der Waals surface area contributed by atoms with Gasteiger partial charge in [0.25, 0.3) is 0 Å². The smallest absolute Gasteiger partial charge is 0.240 e. The summed E-state index contributed by atoms with van der Waals surface area (Å²) in [6, 6.07) is 3.56. The maximum absolute atomic E-state index is 11.1. The van der Waals surface area contributed by atoms with Crippen molar-refractivity contribution in [2.45, 2.75) is 19.0 Å². The van der Waals surface area contributed by atoms with E-state index in [4.69, 9.17) is 5.73 Å². The molecule has 0 aromatic carbocycles. The molecule has 70 valence electrons. The lowest BCUT2D eigenvalue weighted by Crippen LogP contribution is -2.33. The van der Waals surface area contributed by atoms with E-state index in [1.54, 1.807) is 0 Å². The lowest BCUT2D eigenvalue weighted by Gasteiger charge is -2.12. The third kappa shape index (κ3) is 1.45. The Labute approximate surface area is 76.7 Å². The number of amides is 1. The van der Waals surface area contributed by atoms with Gasteiger partial charge in [0.2, 0.25) is 5.91 Å². The second-order valence-corrected chi connectivity index (χ2v) is 3.27. The van der Waals surface area contributed by atoms with Gasteiger partial charge in [-0.15, -0.1) is 0 Å². The number of nitrogens with zero attached hydrogens (tertiary/aromatic N) is 1. The summed E-state index contributed by atoms with van der Waals surface area (Å²) in [6.07, 6.45) is 3.02. The van der Waals surface area contributed by atoms with Crippen molar-refractivity contribution in [1.29, 1.82) is 0 Å². The molecule has 0 bridgehead atoms. The number of hydrogen-bond donors (Lipinski definition) is 2. The van der Waals surface area contributed by atoms with E-state index in [-0.39, 0.29) is 11.9 Å². The zero-order valence-corrected chi connectivity index (χ0v) is 7.36. The van der Waals surface area contributed by atoms with Crippen molar-refractivity contribution in [3.63, 3.8) is 0 Å². The predicted molar refractivity (Wildman–Crippen MR) is 49.0 cm³/mol. The number of carbonyl (C=O) groups is 1. The first-order chi connectivity index (χ1) is 6.29. The number of primary amides is 1. The summed E-state index contributed by atoms with van der Waals surface area (Å²) >= 11 is 0. The lowest BCUT2D eigenvalue weighted by atomic mass is 10.2. The maximum atomic E-state index is 11.1. The van der Waals surface area contributed by atoms with Crippen molar-refractivity contribution >= 4 is 5.91 Å². The normalized spacial score (nSPS) is 22.0. The molecule has 1 aromatic rings. The second-order valence-electron chi connectivity index (χ2n) is 3.27. The molecule has 0 aliphatic carbocycles. The van der Waals surface area contributed by atoms with Gasteiger partial charge in [-0.05, 0) is 25.1 Å². The largest absolute Gasteiger partial charge is 0.368 e. The number of aryl methyl sites for hydroxylation is 1. The van der Waals surface area contributed by atoms with E-state index in [9.17, 15) is 4.79 Å². The second kappa shape index (κ2) is 3.22. The highest BCUT2D eigenvalue weighted by Crippen LogP contribution is 2.16. The third-order valence-electron chi connectivity index (χ3n) is 2.37. The molecule has 1 aromatic heterocycles. The molecule has 0 fully saturated rings. The Bertz CT molecular complexity index is 318. The van der Waals surface area contributed by atoms with Crippen LogP contribution in [0, 0.1) is 0 Å². The summed E-state index contributed by atoms with van der Waals surface area (Å²) in [5.74, 6) is -0.304. The van der Waals surface area contributed by atoms with Gasteiger partial charge >= 0.3 is 0 Å². The van der Waals surface area contributed by atoms with E-state index in [2.05, 4.69) is 9.88 Å². The van der Waals surface area contributed by atoms with E-state index < -0.39 is 0 Å². The number of carbonyl (C=O) groups excluding carboxylic acids is 1. The first kappa shape index (κ1) is 8.31. The molecule has 1 unspecified atom stereocenters. The van der Waals surface area contributed by atoms with Gasteiger partial charge in [0.05, 0.1) is 0 Å². The molecule has 0 spiro atoms. The topological polar surface area (TPSA) is 60.1 Å². The zero-order chi connectivity index (χ0) is 9.26. The van der Waals surface area contributed by atoms with Gasteiger partial charge in [-0.3, -0.25) is 4.79 Å². The van der Waals surface area contributed by atoms with Gasteiger partial charge in [-0.25, -0.2) is 0 Å². The Balaban J connectivity index is 2.36. The molecule has 1 amide bonds. The minimum Gasteiger partial charge on any atom is -0.368 e. The molecule has 0 saturated heterocycles. The molecule has 1 aliphatic rings. The molecule has 3 N–H and O–H groups in total. The summed E-state index contributed by atoms with van der Waals surface area (Å²) in [4.78, 5) is 11.1. The molecule has 4 heteroatoms. The van der Waals surface area contributed by atoms with Crippen LogP contribution in [0.3, 0.4) is 0 Å². The number of nitrogens with two attached hydrogens (primary N) is 1. The summed E-state index contributed by atoms with van der Waals surface area (Å²) in [7, 11) is 0. The van der Waals surface area contributed by atoms with E-state index in [0.29, 0.717) is 0 Å². The maximum Gasteiger partial charge on any atom is 0.240 e. The highest BCUT2D eigenvalue weighted by atomic mass is 16.1. The van der Waals surface area contributed by atoms with E-state index in [0.717, 1.165) is 25.2 Å². The molecule has 1 atom stereocenters. The van der Waals surface area contributed by atoms with Gasteiger partial charge in [0, 0.05) is 18.4 Å². The fourth-order valence-corrected chi connectivity index (χ4v) is 1.74. The van der Waals surface area contributed by atoms with Crippen molar-refractivity contribution in [1.82, 2.24) is 9.88 Å². The Hall–Kier alpha value is -1.29. The first-order valence-electron chi connectivity index (χ1n) is 4.47.